The number of hydrogen-bond acceptors (Lipinski definition) is 3. The molecule has 0 spiro atoms. The number of carbonyl (C=O) groups is 1. The molecule has 2 unspecified atom stereocenters. The molecule has 0 saturated carbocycles. The number of halogens is 1. The summed E-state index contributed by atoms with van der Waals surface area (Å²) in [4.78, 5) is 12.0. The summed E-state index contributed by atoms with van der Waals surface area (Å²) in [6, 6.07) is 5.42. The van der Waals surface area contributed by atoms with Crippen molar-refractivity contribution in [2.75, 3.05) is 6.61 Å². The number of carbonyl (C=O) groups excluding carboxylic acids is 1. The van der Waals surface area contributed by atoms with Crippen LogP contribution in [0.1, 0.15) is 25.3 Å². The number of ether oxygens (including phenoxy) is 1. The predicted octanol–water partition coefficient (Wildman–Crippen LogP) is 1.92. The minimum atomic E-state index is -0.481. The molecule has 4 nitrogen and oxygen atoms in total. The number of aliphatic hydroxyl groups excluding tert-OH is 1. The Balaban J connectivity index is 1.89. The Morgan fingerprint density at radius 1 is 1.63 bits per heavy atom. The lowest BCUT2D eigenvalue weighted by Gasteiger charge is -2.16. The lowest BCUT2D eigenvalue weighted by atomic mass is 10.1. The average Bonchev–Trinajstić information content (AvgIpc) is 2.79. The topological polar surface area (TPSA) is 58.6 Å². The van der Waals surface area contributed by atoms with Crippen LogP contribution in [0, 0.1) is 0 Å². The third-order valence-electron chi connectivity index (χ3n) is 3.17. The van der Waals surface area contributed by atoms with Gasteiger partial charge in [0.2, 0.25) is 0 Å². The highest BCUT2D eigenvalue weighted by Gasteiger charge is 2.29. The van der Waals surface area contributed by atoms with Gasteiger partial charge in [0.25, 0.3) is 5.91 Å². The molecular weight excluding hydrogens is 266 g/mol. The number of amides is 1. The van der Waals surface area contributed by atoms with Gasteiger partial charge in [-0.05, 0) is 43.5 Å². The molecule has 19 heavy (non-hydrogen) atoms. The van der Waals surface area contributed by atoms with Crippen molar-refractivity contribution in [2.24, 2.45) is 0 Å². The summed E-state index contributed by atoms with van der Waals surface area (Å²) in [5, 5.41) is 12.3. The van der Waals surface area contributed by atoms with Gasteiger partial charge < -0.3 is 15.2 Å². The molecule has 0 saturated heterocycles. The summed E-state index contributed by atoms with van der Waals surface area (Å²) in [6.45, 7) is 2.07. The Labute approximate surface area is 117 Å². The molecule has 2 rings (SSSR count). The highest BCUT2D eigenvalue weighted by atomic mass is 35.5. The van der Waals surface area contributed by atoms with E-state index in [2.05, 4.69) is 5.32 Å². The second-order valence-electron chi connectivity index (χ2n) is 4.84. The molecule has 1 aromatic carbocycles. The molecular formula is C14H18ClNO3. The Kier molecular flexibility index (Phi) is 4.66. The van der Waals surface area contributed by atoms with Crippen molar-refractivity contribution in [1.82, 2.24) is 5.32 Å². The van der Waals surface area contributed by atoms with E-state index < -0.39 is 6.10 Å². The molecule has 2 N–H and O–H groups in total. The van der Waals surface area contributed by atoms with Crippen molar-refractivity contribution in [2.45, 2.75) is 38.3 Å². The van der Waals surface area contributed by atoms with E-state index in [9.17, 15) is 4.79 Å². The van der Waals surface area contributed by atoms with Gasteiger partial charge >= 0.3 is 0 Å². The molecule has 0 aliphatic carbocycles. The third kappa shape index (κ3) is 3.61. The van der Waals surface area contributed by atoms with E-state index in [1.165, 1.54) is 0 Å². The maximum atomic E-state index is 12.0. The van der Waals surface area contributed by atoms with Crippen LogP contribution in [-0.4, -0.2) is 29.8 Å². The first-order valence-electron chi connectivity index (χ1n) is 6.46. The van der Waals surface area contributed by atoms with Crippen LogP contribution >= 0.6 is 11.6 Å². The van der Waals surface area contributed by atoms with E-state index >= 15 is 0 Å². The van der Waals surface area contributed by atoms with Gasteiger partial charge in [-0.25, -0.2) is 0 Å². The maximum absolute atomic E-state index is 12.0. The molecule has 0 bridgehead atoms. The number of aliphatic hydroxyl groups is 1. The fraction of sp³-hybridized carbons (Fsp3) is 0.500. The fourth-order valence-corrected chi connectivity index (χ4v) is 2.36. The van der Waals surface area contributed by atoms with E-state index in [0.29, 0.717) is 17.9 Å². The average molecular weight is 284 g/mol. The number of fused-ring (bicyclic) bond motifs is 1. The molecule has 1 aliphatic heterocycles. The lowest BCUT2D eigenvalue weighted by Crippen LogP contribution is -2.42. The molecule has 0 aromatic heterocycles. The number of hydrogen-bond donors (Lipinski definition) is 2. The van der Waals surface area contributed by atoms with Crippen molar-refractivity contribution in [3.63, 3.8) is 0 Å². The minimum Gasteiger partial charge on any atom is -0.480 e. The van der Waals surface area contributed by atoms with Crippen molar-refractivity contribution in [3.8, 4) is 5.75 Å². The summed E-state index contributed by atoms with van der Waals surface area (Å²) in [7, 11) is 0. The maximum Gasteiger partial charge on any atom is 0.261 e. The predicted molar refractivity (Wildman–Crippen MR) is 73.5 cm³/mol. The second-order valence-corrected chi connectivity index (χ2v) is 5.27. The van der Waals surface area contributed by atoms with Gasteiger partial charge in [0.15, 0.2) is 6.10 Å². The van der Waals surface area contributed by atoms with Crippen LogP contribution in [0.5, 0.6) is 5.75 Å². The molecule has 1 aromatic rings. The van der Waals surface area contributed by atoms with Crippen LogP contribution < -0.4 is 10.1 Å². The summed E-state index contributed by atoms with van der Waals surface area (Å²) >= 11 is 5.91. The van der Waals surface area contributed by atoms with Gasteiger partial charge in [-0.3, -0.25) is 4.79 Å². The highest BCUT2D eigenvalue weighted by molar-refractivity contribution is 6.30. The highest BCUT2D eigenvalue weighted by Crippen LogP contribution is 2.31. The minimum absolute atomic E-state index is 0.0375. The molecule has 0 fully saturated rings. The Hall–Kier alpha value is -1.26. The molecule has 1 heterocycles. The zero-order valence-electron chi connectivity index (χ0n) is 10.9. The first-order chi connectivity index (χ1) is 9.10. The smallest absolute Gasteiger partial charge is 0.261 e. The van der Waals surface area contributed by atoms with E-state index in [-0.39, 0.29) is 18.6 Å². The van der Waals surface area contributed by atoms with Crippen molar-refractivity contribution >= 4 is 17.5 Å². The summed E-state index contributed by atoms with van der Waals surface area (Å²) in [5.74, 6) is 0.616. The zero-order valence-corrected chi connectivity index (χ0v) is 11.6. The van der Waals surface area contributed by atoms with Crippen LogP contribution in [0.3, 0.4) is 0 Å². The Morgan fingerprint density at radius 2 is 2.42 bits per heavy atom. The van der Waals surface area contributed by atoms with E-state index in [1.807, 2.05) is 13.0 Å². The van der Waals surface area contributed by atoms with Crippen molar-refractivity contribution in [1.29, 1.82) is 0 Å². The van der Waals surface area contributed by atoms with Gasteiger partial charge in [-0.15, -0.1) is 0 Å². The second kappa shape index (κ2) is 6.26. The normalized spacial score (nSPS) is 18.6. The largest absolute Gasteiger partial charge is 0.480 e. The number of rotatable bonds is 5. The number of benzene rings is 1. The first-order valence-corrected chi connectivity index (χ1v) is 6.84. The van der Waals surface area contributed by atoms with E-state index in [4.69, 9.17) is 21.4 Å². The van der Waals surface area contributed by atoms with Crippen LogP contribution in [0.4, 0.5) is 0 Å². The monoisotopic (exact) mass is 283 g/mol. The van der Waals surface area contributed by atoms with Crippen LogP contribution in [0.2, 0.25) is 5.02 Å². The van der Waals surface area contributed by atoms with Crippen LogP contribution in [-0.2, 0) is 11.2 Å². The van der Waals surface area contributed by atoms with E-state index in [1.54, 1.807) is 12.1 Å². The van der Waals surface area contributed by atoms with E-state index in [0.717, 1.165) is 17.7 Å². The first kappa shape index (κ1) is 14.2. The van der Waals surface area contributed by atoms with Gasteiger partial charge in [-0.1, -0.05) is 11.6 Å². The summed E-state index contributed by atoms with van der Waals surface area (Å²) < 4.78 is 5.61. The Bertz CT molecular complexity index is 464. The van der Waals surface area contributed by atoms with Gasteiger partial charge in [0.05, 0.1) is 0 Å². The Morgan fingerprint density at radius 3 is 3.16 bits per heavy atom. The molecule has 2 atom stereocenters. The lowest BCUT2D eigenvalue weighted by molar-refractivity contribution is -0.127. The quantitative estimate of drug-likeness (QED) is 0.868. The van der Waals surface area contributed by atoms with Gasteiger partial charge in [0.1, 0.15) is 5.75 Å². The molecule has 0 radical (unpaired) electrons. The molecule has 5 heteroatoms. The van der Waals surface area contributed by atoms with Gasteiger partial charge in [0, 0.05) is 24.1 Å². The molecule has 104 valence electrons. The molecule has 1 amide bonds. The fourth-order valence-electron chi connectivity index (χ4n) is 2.17. The molecule has 1 aliphatic rings. The standard InChI is InChI=1S/C14H18ClNO3/c1-9(3-2-6-17)16-14(18)13-8-10-7-11(15)4-5-12(10)19-13/h4-5,7,9,13,17H,2-3,6,8H2,1H3,(H,16,18). The summed E-state index contributed by atoms with van der Waals surface area (Å²) in [5.41, 5.74) is 0.968. The zero-order chi connectivity index (χ0) is 13.8. The number of nitrogens with one attached hydrogen (secondary N) is 1. The summed E-state index contributed by atoms with van der Waals surface area (Å²) in [6.07, 6.45) is 1.51. The SMILES string of the molecule is CC(CCCO)NC(=O)C1Cc2cc(Cl)ccc2O1. The van der Waals surface area contributed by atoms with Crippen LogP contribution in [0.25, 0.3) is 0 Å². The van der Waals surface area contributed by atoms with Gasteiger partial charge in [-0.2, -0.15) is 0 Å². The van der Waals surface area contributed by atoms with Crippen molar-refractivity contribution < 1.29 is 14.6 Å². The van der Waals surface area contributed by atoms with Crippen LogP contribution in [0.15, 0.2) is 18.2 Å². The third-order valence-corrected chi connectivity index (χ3v) is 3.41. The van der Waals surface area contributed by atoms with Crippen molar-refractivity contribution in [3.05, 3.63) is 28.8 Å².